The second-order valence-corrected chi connectivity index (χ2v) is 3.84. The molecule has 0 radical (unpaired) electrons. The summed E-state index contributed by atoms with van der Waals surface area (Å²) < 4.78 is 5.02. The number of hydrogen-bond donors (Lipinski definition) is 1. The highest BCUT2D eigenvalue weighted by molar-refractivity contribution is 6.18. The van der Waals surface area contributed by atoms with E-state index in [0.29, 0.717) is 23.9 Å². The highest BCUT2D eigenvalue weighted by Gasteiger charge is 2.13. The third-order valence-corrected chi connectivity index (χ3v) is 2.22. The summed E-state index contributed by atoms with van der Waals surface area (Å²) in [4.78, 5) is 0. The van der Waals surface area contributed by atoms with Gasteiger partial charge >= 0.3 is 0 Å². The van der Waals surface area contributed by atoms with E-state index >= 15 is 0 Å². The molecule has 0 aromatic carbocycles. The van der Waals surface area contributed by atoms with Gasteiger partial charge in [-0.05, 0) is 12.8 Å². The van der Waals surface area contributed by atoms with E-state index in [4.69, 9.17) is 16.3 Å². The average molecular weight is 194 g/mol. The molecular weight excluding hydrogens is 174 g/mol. The van der Waals surface area contributed by atoms with Crippen molar-refractivity contribution in [2.75, 3.05) is 19.6 Å². The van der Waals surface area contributed by atoms with E-state index in [1.165, 1.54) is 0 Å². The molecule has 0 spiro atoms. The molecule has 0 bridgehead atoms. The number of halogens is 1. The largest absolute Gasteiger partial charge is 0.383 e. The molecule has 3 heteroatoms. The molecule has 0 fully saturated rings. The molecule has 0 saturated carbocycles. The zero-order valence-corrected chi connectivity index (χ0v) is 9.19. The van der Waals surface area contributed by atoms with Gasteiger partial charge in [0.25, 0.3) is 0 Å². The Bertz CT molecular complexity index is 109. The highest BCUT2D eigenvalue weighted by Crippen LogP contribution is 2.04. The number of alkyl halides is 1. The number of nitrogens with one attached hydrogen (secondary N) is 1. The number of rotatable bonds is 6. The summed E-state index contributed by atoms with van der Waals surface area (Å²) >= 11 is 5.80. The summed E-state index contributed by atoms with van der Waals surface area (Å²) in [6.07, 6.45) is 0. The molecule has 1 N–H and O–H groups in total. The summed E-state index contributed by atoms with van der Waals surface area (Å²) in [5.41, 5.74) is 0. The van der Waals surface area contributed by atoms with Crippen molar-refractivity contribution in [2.45, 2.75) is 32.9 Å². The first-order chi connectivity index (χ1) is 5.61. The molecule has 74 valence electrons. The predicted molar refractivity (Wildman–Crippen MR) is 53.8 cm³/mol. The van der Waals surface area contributed by atoms with E-state index in [2.05, 4.69) is 26.1 Å². The first kappa shape index (κ1) is 12.2. The van der Waals surface area contributed by atoms with Crippen LogP contribution in [0.3, 0.4) is 0 Å². The molecule has 0 aromatic rings. The molecule has 0 saturated heterocycles. The van der Waals surface area contributed by atoms with Crippen molar-refractivity contribution in [1.82, 2.24) is 5.32 Å². The summed E-state index contributed by atoms with van der Waals surface area (Å²) in [7, 11) is 1.71. The van der Waals surface area contributed by atoms with E-state index in [0.717, 1.165) is 6.61 Å². The van der Waals surface area contributed by atoms with Gasteiger partial charge in [-0.25, -0.2) is 0 Å². The maximum Gasteiger partial charge on any atom is 0.0613 e. The van der Waals surface area contributed by atoms with Crippen LogP contribution < -0.4 is 5.32 Å². The zero-order valence-electron chi connectivity index (χ0n) is 8.43. The number of ether oxygens (including phenoxy) is 1. The molecule has 2 nitrogen and oxygen atoms in total. The summed E-state index contributed by atoms with van der Waals surface area (Å²) in [5.74, 6) is 1.23. The van der Waals surface area contributed by atoms with Crippen LogP contribution in [0.2, 0.25) is 0 Å². The average Bonchev–Trinajstić information content (AvgIpc) is 2.00. The van der Waals surface area contributed by atoms with Crippen LogP contribution in [0.4, 0.5) is 0 Å². The topological polar surface area (TPSA) is 21.3 Å². The van der Waals surface area contributed by atoms with Crippen LogP contribution in [-0.4, -0.2) is 31.7 Å². The van der Waals surface area contributed by atoms with Gasteiger partial charge in [-0.15, -0.1) is 11.6 Å². The molecule has 0 aromatic heterocycles. The van der Waals surface area contributed by atoms with Crippen molar-refractivity contribution in [1.29, 1.82) is 0 Å². The minimum atomic E-state index is 0.376. The molecule has 2 unspecified atom stereocenters. The third-order valence-electron chi connectivity index (χ3n) is 1.89. The Balaban J connectivity index is 3.69. The van der Waals surface area contributed by atoms with Crippen molar-refractivity contribution in [3.8, 4) is 0 Å². The van der Waals surface area contributed by atoms with Crippen LogP contribution in [-0.2, 0) is 4.74 Å². The molecule has 0 aliphatic heterocycles. The van der Waals surface area contributed by atoms with Crippen molar-refractivity contribution in [3.63, 3.8) is 0 Å². The fraction of sp³-hybridized carbons (Fsp3) is 1.00. The fourth-order valence-electron chi connectivity index (χ4n) is 1.08. The van der Waals surface area contributed by atoms with Crippen LogP contribution >= 0.6 is 11.6 Å². The Morgan fingerprint density at radius 2 is 1.92 bits per heavy atom. The first-order valence-corrected chi connectivity index (χ1v) is 4.96. The van der Waals surface area contributed by atoms with E-state index in [1.807, 2.05) is 0 Å². The van der Waals surface area contributed by atoms with Gasteiger partial charge in [-0.3, -0.25) is 0 Å². The Morgan fingerprint density at radius 1 is 1.33 bits per heavy atom. The molecule has 0 rings (SSSR count). The second-order valence-electron chi connectivity index (χ2n) is 3.53. The van der Waals surface area contributed by atoms with Gasteiger partial charge in [0.2, 0.25) is 0 Å². The molecule has 0 amide bonds. The lowest BCUT2D eigenvalue weighted by Crippen LogP contribution is -2.43. The maximum atomic E-state index is 5.80. The zero-order chi connectivity index (χ0) is 9.56. The lowest BCUT2D eigenvalue weighted by Gasteiger charge is -2.24. The normalized spacial score (nSPS) is 16.5. The van der Waals surface area contributed by atoms with Gasteiger partial charge in [0, 0.05) is 25.1 Å². The Hall–Kier alpha value is 0.210. The monoisotopic (exact) mass is 193 g/mol. The van der Waals surface area contributed by atoms with Gasteiger partial charge in [-0.1, -0.05) is 13.8 Å². The first-order valence-electron chi connectivity index (χ1n) is 4.42. The minimum Gasteiger partial charge on any atom is -0.383 e. The lowest BCUT2D eigenvalue weighted by molar-refractivity contribution is 0.164. The summed E-state index contributed by atoms with van der Waals surface area (Å²) in [6.45, 7) is 7.17. The Kier molecular flexibility index (Phi) is 6.81. The second kappa shape index (κ2) is 6.70. The molecule has 12 heavy (non-hydrogen) atoms. The van der Waals surface area contributed by atoms with E-state index in [9.17, 15) is 0 Å². The van der Waals surface area contributed by atoms with Crippen molar-refractivity contribution < 1.29 is 4.74 Å². The van der Waals surface area contributed by atoms with Crippen LogP contribution in [0, 0.1) is 5.92 Å². The molecular formula is C9H20ClNO. The smallest absolute Gasteiger partial charge is 0.0613 e. The lowest BCUT2D eigenvalue weighted by atomic mass is 10.1. The van der Waals surface area contributed by atoms with Crippen LogP contribution in [0.5, 0.6) is 0 Å². The molecule has 2 atom stereocenters. The molecule has 0 heterocycles. The quantitative estimate of drug-likeness (QED) is 0.651. The number of hydrogen-bond acceptors (Lipinski definition) is 2. The van der Waals surface area contributed by atoms with E-state index in [-0.39, 0.29) is 0 Å². The van der Waals surface area contributed by atoms with Gasteiger partial charge in [0.05, 0.1) is 6.61 Å². The van der Waals surface area contributed by atoms with Gasteiger partial charge in [0.1, 0.15) is 0 Å². The third kappa shape index (κ3) is 4.96. The number of methoxy groups -OCH3 is 1. The van der Waals surface area contributed by atoms with Crippen molar-refractivity contribution in [2.24, 2.45) is 5.92 Å². The van der Waals surface area contributed by atoms with Crippen molar-refractivity contribution >= 4 is 11.6 Å². The highest BCUT2D eigenvalue weighted by atomic mass is 35.5. The Morgan fingerprint density at radius 3 is 2.25 bits per heavy atom. The van der Waals surface area contributed by atoms with Gasteiger partial charge in [-0.2, -0.15) is 0 Å². The maximum absolute atomic E-state index is 5.80. The van der Waals surface area contributed by atoms with Crippen molar-refractivity contribution in [3.05, 3.63) is 0 Å². The van der Waals surface area contributed by atoms with Crippen LogP contribution in [0.15, 0.2) is 0 Å². The fourth-order valence-corrected chi connectivity index (χ4v) is 1.52. The van der Waals surface area contributed by atoms with Crippen LogP contribution in [0.25, 0.3) is 0 Å². The van der Waals surface area contributed by atoms with Gasteiger partial charge in [0.15, 0.2) is 0 Å². The Labute approximate surface area is 80.6 Å². The van der Waals surface area contributed by atoms with E-state index in [1.54, 1.807) is 7.11 Å². The SMILES string of the molecule is COCC(C)NC(CCl)C(C)C. The molecule has 0 aliphatic carbocycles. The summed E-state index contributed by atoms with van der Waals surface area (Å²) in [6, 6.07) is 0.762. The predicted octanol–water partition coefficient (Wildman–Crippen LogP) is 1.87. The molecule has 0 aliphatic rings. The summed E-state index contributed by atoms with van der Waals surface area (Å²) in [5, 5.41) is 3.41. The van der Waals surface area contributed by atoms with Gasteiger partial charge < -0.3 is 10.1 Å². The standard InChI is InChI=1S/C9H20ClNO/c1-7(2)9(5-10)11-8(3)6-12-4/h7-9,11H,5-6H2,1-4H3. The minimum absolute atomic E-state index is 0.376. The van der Waals surface area contributed by atoms with Crippen LogP contribution in [0.1, 0.15) is 20.8 Å². The van der Waals surface area contributed by atoms with E-state index < -0.39 is 0 Å².